The van der Waals surface area contributed by atoms with E-state index < -0.39 is 0 Å². The second-order valence-corrected chi connectivity index (χ2v) is 5.63. The average Bonchev–Trinajstić information content (AvgIpc) is 2.36. The summed E-state index contributed by atoms with van der Waals surface area (Å²) in [4.78, 5) is 13.5. The molecular weight excluding hydrogens is 222 g/mol. The smallest absolute Gasteiger partial charge is 0.221 e. The van der Waals surface area contributed by atoms with Crippen LogP contribution in [0.25, 0.3) is 0 Å². The number of carbonyl (C=O) groups excluding carboxylic acids is 1. The molecule has 1 rings (SSSR count). The summed E-state index contributed by atoms with van der Waals surface area (Å²) < 4.78 is 0.281. The Hall–Kier alpha value is -0.260. The van der Waals surface area contributed by atoms with Gasteiger partial charge in [-0.15, -0.1) is 0 Å². The number of thioether (sulfide) groups is 1. The first-order valence-corrected chi connectivity index (χ1v) is 7.06. The topological polar surface area (TPSA) is 58.4 Å². The van der Waals surface area contributed by atoms with E-state index in [1.165, 1.54) is 0 Å². The molecule has 1 saturated heterocycles. The summed E-state index contributed by atoms with van der Waals surface area (Å²) in [6.45, 7) is 3.76. The summed E-state index contributed by atoms with van der Waals surface area (Å²) in [6, 6.07) is 0. The Balaban J connectivity index is 2.29. The van der Waals surface area contributed by atoms with Crippen LogP contribution in [0.5, 0.6) is 0 Å². The molecular formula is C11H23N3OS. The first kappa shape index (κ1) is 13.8. The lowest BCUT2D eigenvalue weighted by Crippen LogP contribution is -2.47. The van der Waals surface area contributed by atoms with Crippen LogP contribution >= 0.6 is 11.8 Å². The number of piperidine rings is 1. The molecule has 0 aliphatic carbocycles. The minimum atomic E-state index is 0.125. The maximum Gasteiger partial charge on any atom is 0.221 e. The molecule has 94 valence electrons. The Morgan fingerprint density at radius 3 is 2.56 bits per heavy atom. The standard InChI is InChI=1S/C11H23N3OS/c1-13-10(15)3-6-14-7-4-11(9-12,16-2)5-8-14/h3-9,12H2,1-2H3,(H,13,15). The van der Waals surface area contributed by atoms with Crippen molar-refractivity contribution in [2.45, 2.75) is 24.0 Å². The molecule has 0 spiro atoms. The highest BCUT2D eigenvalue weighted by Crippen LogP contribution is 2.33. The molecule has 1 aliphatic heterocycles. The molecule has 0 saturated carbocycles. The van der Waals surface area contributed by atoms with Gasteiger partial charge in [0.05, 0.1) is 0 Å². The van der Waals surface area contributed by atoms with Gasteiger partial charge >= 0.3 is 0 Å². The number of nitrogens with zero attached hydrogens (tertiary/aromatic N) is 1. The maximum atomic E-state index is 11.1. The predicted octanol–water partition coefficient (Wildman–Crippen LogP) is 0.279. The molecule has 3 N–H and O–H groups in total. The van der Waals surface area contributed by atoms with Crippen molar-refractivity contribution in [1.29, 1.82) is 0 Å². The molecule has 0 atom stereocenters. The van der Waals surface area contributed by atoms with Crippen molar-refractivity contribution in [1.82, 2.24) is 10.2 Å². The number of likely N-dealkylation sites (tertiary alicyclic amines) is 1. The van der Waals surface area contributed by atoms with Crippen LogP contribution in [0.3, 0.4) is 0 Å². The van der Waals surface area contributed by atoms with Crippen LogP contribution in [0, 0.1) is 0 Å². The highest BCUT2D eigenvalue weighted by Gasteiger charge is 2.32. The number of rotatable bonds is 5. The zero-order chi connectivity index (χ0) is 12.0. The number of hydrogen-bond donors (Lipinski definition) is 2. The molecule has 0 unspecified atom stereocenters. The van der Waals surface area contributed by atoms with Crippen LogP contribution < -0.4 is 11.1 Å². The van der Waals surface area contributed by atoms with Crippen LogP contribution in [-0.4, -0.2) is 55.0 Å². The molecule has 4 nitrogen and oxygen atoms in total. The maximum absolute atomic E-state index is 11.1. The second kappa shape index (κ2) is 6.47. The van der Waals surface area contributed by atoms with E-state index in [4.69, 9.17) is 5.73 Å². The zero-order valence-corrected chi connectivity index (χ0v) is 11.1. The molecule has 16 heavy (non-hydrogen) atoms. The number of hydrogen-bond acceptors (Lipinski definition) is 4. The van der Waals surface area contributed by atoms with Crippen LogP contribution in [0.2, 0.25) is 0 Å². The van der Waals surface area contributed by atoms with Gasteiger partial charge in [-0.05, 0) is 32.2 Å². The van der Waals surface area contributed by atoms with E-state index >= 15 is 0 Å². The van der Waals surface area contributed by atoms with E-state index in [0.717, 1.165) is 39.0 Å². The van der Waals surface area contributed by atoms with Gasteiger partial charge in [0.15, 0.2) is 0 Å². The lowest BCUT2D eigenvalue weighted by molar-refractivity contribution is -0.121. The fourth-order valence-electron chi connectivity index (χ4n) is 2.06. The van der Waals surface area contributed by atoms with Crippen molar-refractivity contribution in [3.05, 3.63) is 0 Å². The monoisotopic (exact) mass is 245 g/mol. The summed E-state index contributed by atoms with van der Waals surface area (Å²) in [5, 5.41) is 2.65. The third-order valence-corrected chi connectivity index (χ3v) is 4.95. The summed E-state index contributed by atoms with van der Waals surface area (Å²) in [5.41, 5.74) is 5.83. The third kappa shape index (κ3) is 3.64. The largest absolute Gasteiger partial charge is 0.359 e. The van der Waals surface area contributed by atoms with Crippen molar-refractivity contribution in [3.63, 3.8) is 0 Å². The molecule has 1 aliphatic rings. The quantitative estimate of drug-likeness (QED) is 0.730. The minimum absolute atomic E-state index is 0.125. The van der Waals surface area contributed by atoms with Gasteiger partial charge in [-0.1, -0.05) is 0 Å². The average molecular weight is 245 g/mol. The van der Waals surface area contributed by atoms with E-state index in [9.17, 15) is 4.79 Å². The highest BCUT2D eigenvalue weighted by atomic mass is 32.2. The Morgan fingerprint density at radius 1 is 1.50 bits per heavy atom. The minimum Gasteiger partial charge on any atom is -0.359 e. The fourth-order valence-corrected chi connectivity index (χ4v) is 2.82. The van der Waals surface area contributed by atoms with E-state index in [0.29, 0.717) is 6.42 Å². The van der Waals surface area contributed by atoms with E-state index in [1.54, 1.807) is 7.05 Å². The molecule has 1 heterocycles. The van der Waals surface area contributed by atoms with Gasteiger partial charge in [-0.25, -0.2) is 0 Å². The Bertz CT molecular complexity index is 221. The van der Waals surface area contributed by atoms with Crippen molar-refractivity contribution in [2.75, 3.05) is 39.5 Å². The molecule has 0 aromatic carbocycles. The van der Waals surface area contributed by atoms with E-state index in [-0.39, 0.29) is 10.7 Å². The van der Waals surface area contributed by atoms with Gasteiger partial charge < -0.3 is 16.0 Å². The zero-order valence-electron chi connectivity index (χ0n) is 10.3. The van der Waals surface area contributed by atoms with Gasteiger partial charge in [-0.3, -0.25) is 4.79 Å². The molecule has 0 aromatic rings. The number of carbonyl (C=O) groups is 1. The molecule has 0 radical (unpaired) electrons. The predicted molar refractivity (Wildman–Crippen MR) is 69.7 cm³/mol. The number of nitrogens with one attached hydrogen (secondary N) is 1. The molecule has 1 fully saturated rings. The van der Waals surface area contributed by atoms with Gasteiger partial charge in [0.1, 0.15) is 0 Å². The van der Waals surface area contributed by atoms with Gasteiger partial charge in [0.25, 0.3) is 0 Å². The SMILES string of the molecule is CNC(=O)CCN1CCC(CN)(SC)CC1. The summed E-state index contributed by atoms with van der Waals surface area (Å²) in [5.74, 6) is 0.125. The first-order valence-electron chi connectivity index (χ1n) is 5.84. The Morgan fingerprint density at radius 2 is 2.12 bits per heavy atom. The Labute approximate surface area is 102 Å². The van der Waals surface area contributed by atoms with Crippen LogP contribution in [-0.2, 0) is 4.79 Å². The third-order valence-electron chi connectivity index (χ3n) is 3.51. The van der Waals surface area contributed by atoms with Crippen LogP contribution in [0.1, 0.15) is 19.3 Å². The van der Waals surface area contributed by atoms with E-state index in [1.807, 2.05) is 11.8 Å². The molecule has 5 heteroatoms. The summed E-state index contributed by atoms with van der Waals surface area (Å²) in [7, 11) is 1.69. The highest BCUT2D eigenvalue weighted by molar-refractivity contribution is 8.00. The van der Waals surface area contributed by atoms with Gasteiger partial charge in [0, 0.05) is 31.3 Å². The molecule has 1 amide bonds. The normalized spacial score (nSPS) is 20.7. The summed E-state index contributed by atoms with van der Waals surface area (Å²) in [6.07, 6.45) is 5.02. The lowest BCUT2D eigenvalue weighted by atomic mass is 9.95. The van der Waals surface area contributed by atoms with Gasteiger partial charge in [0.2, 0.25) is 5.91 Å². The lowest BCUT2D eigenvalue weighted by Gasteiger charge is -2.40. The van der Waals surface area contributed by atoms with Crippen LogP contribution in [0.4, 0.5) is 0 Å². The Kier molecular flexibility index (Phi) is 5.58. The molecule has 0 bridgehead atoms. The number of amides is 1. The molecule has 0 aromatic heterocycles. The van der Waals surface area contributed by atoms with Crippen molar-refractivity contribution in [3.8, 4) is 0 Å². The fraction of sp³-hybridized carbons (Fsp3) is 0.909. The van der Waals surface area contributed by atoms with Crippen molar-refractivity contribution >= 4 is 17.7 Å². The number of nitrogens with two attached hydrogens (primary N) is 1. The first-order chi connectivity index (χ1) is 7.65. The van der Waals surface area contributed by atoms with Crippen molar-refractivity contribution < 1.29 is 4.79 Å². The van der Waals surface area contributed by atoms with E-state index in [2.05, 4.69) is 16.5 Å². The van der Waals surface area contributed by atoms with Crippen LogP contribution in [0.15, 0.2) is 0 Å². The van der Waals surface area contributed by atoms with Gasteiger partial charge in [-0.2, -0.15) is 11.8 Å². The second-order valence-electron chi connectivity index (χ2n) is 4.36. The summed E-state index contributed by atoms with van der Waals surface area (Å²) >= 11 is 1.89. The van der Waals surface area contributed by atoms with Crippen molar-refractivity contribution in [2.24, 2.45) is 5.73 Å².